The first kappa shape index (κ1) is 32.8. The van der Waals surface area contributed by atoms with Crippen molar-refractivity contribution in [3.05, 3.63) is 99.6 Å². The van der Waals surface area contributed by atoms with Crippen LogP contribution in [0, 0.1) is 38.5 Å². The summed E-state index contributed by atoms with van der Waals surface area (Å²) in [4.78, 5) is 32.4. The fourth-order valence-electron chi connectivity index (χ4n) is 9.57. The van der Waals surface area contributed by atoms with E-state index in [0.717, 1.165) is 54.9 Å². The fraction of sp³-hybridized carbons (Fsp3) is 0.487. The minimum absolute atomic E-state index is 0.0215. The lowest BCUT2D eigenvalue weighted by molar-refractivity contribution is -0.165. The summed E-state index contributed by atoms with van der Waals surface area (Å²) in [6, 6.07) is 18.0. The maximum atomic E-state index is 14.8. The lowest BCUT2D eigenvalue weighted by Crippen LogP contribution is -2.58. The lowest BCUT2D eigenvalue weighted by Gasteiger charge is -2.50. The van der Waals surface area contributed by atoms with Gasteiger partial charge in [-0.3, -0.25) is 14.5 Å². The molecule has 2 saturated heterocycles. The van der Waals surface area contributed by atoms with Gasteiger partial charge in [-0.15, -0.1) is 0 Å². The number of amides is 1. The Morgan fingerprint density at radius 3 is 2.40 bits per heavy atom. The molecule has 3 aliphatic heterocycles. The van der Waals surface area contributed by atoms with E-state index in [0.29, 0.717) is 30.6 Å². The van der Waals surface area contributed by atoms with Crippen LogP contribution in [0.15, 0.2) is 60.7 Å². The van der Waals surface area contributed by atoms with Gasteiger partial charge in [0.25, 0.3) is 0 Å². The maximum absolute atomic E-state index is 14.8. The molecule has 9 heteroatoms. The number of hydrogen-bond acceptors (Lipinski definition) is 5. The van der Waals surface area contributed by atoms with Gasteiger partial charge >= 0.3 is 12.1 Å². The molecule has 1 spiro atoms. The molecule has 1 amide bonds. The van der Waals surface area contributed by atoms with Crippen LogP contribution in [0.25, 0.3) is 0 Å². The van der Waals surface area contributed by atoms with Gasteiger partial charge < -0.3 is 14.4 Å². The van der Waals surface area contributed by atoms with Crippen molar-refractivity contribution >= 4 is 17.6 Å². The van der Waals surface area contributed by atoms with E-state index in [1.165, 1.54) is 18.2 Å². The molecule has 0 aromatic heterocycles. The highest BCUT2D eigenvalue weighted by Crippen LogP contribution is 2.56. The Hall–Kier alpha value is -3.69. The molecule has 0 bridgehead atoms. The third-order valence-electron chi connectivity index (χ3n) is 11.4. The monoisotopic (exact) mass is 660 g/mol. The molecule has 6 atom stereocenters. The number of ether oxygens (including phenoxy) is 2. The molecule has 1 aliphatic carbocycles. The van der Waals surface area contributed by atoms with Gasteiger partial charge in [-0.2, -0.15) is 13.2 Å². The summed E-state index contributed by atoms with van der Waals surface area (Å²) in [7, 11) is 1.43. The smallest absolute Gasteiger partial charge is 0.416 e. The molecule has 254 valence electrons. The van der Waals surface area contributed by atoms with E-state index in [-0.39, 0.29) is 42.4 Å². The number of benzene rings is 3. The van der Waals surface area contributed by atoms with Crippen molar-refractivity contribution in [3.63, 3.8) is 0 Å². The molecule has 0 unspecified atom stereocenters. The number of hydrogen-bond donors (Lipinski definition) is 0. The zero-order valence-electron chi connectivity index (χ0n) is 28.0. The van der Waals surface area contributed by atoms with Gasteiger partial charge in [0.15, 0.2) is 0 Å². The third kappa shape index (κ3) is 5.62. The van der Waals surface area contributed by atoms with Crippen LogP contribution >= 0.6 is 0 Å². The number of halogens is 3. The molecule has 3 heterocycles. The van der Waals surface area contributed by atoms with E-state index < -0.39 is 23.1 Å². The number of carbonyl (C=O) groups excluding carboxylic acids is 2. The average Bonchev–Trinajstić information content (AvgIpc) is 3.52. The quantitative estimate of drug-likeness (QED) is 0.260. The third-order valence-corrected chi connectivity index (χ3v) is 11.4. The standard InChI is InChI=1S/C39H43F3N2O4/c1-23-13-24(2)16-27(15-23)22-48-33-10-9-28-21-43-12-11-38(34(43)19-30(28)35(33)36(45)47-4)31-7-5-6-8-32(31)44(37(38)46)20-26-14-25(3)17-29(18-26)39(40,41)42/h5-8,13-18,28,30,33-35H,9-12,19-22H2,1-4H3/t28-,30-,33-,34-,35+,38-/m0/s1. The number of alkyl halides is 3. The molecule has 3 aromatic rings. The number of carbonyl (C=O) groups is 2. The van der Waals surface area contributed by atoms with E-state index >= 15 is 0 Å². The minimum Gasteiger partial charge on any atom is -0.469 e. The number of anilines is 1. The molecule has 0 N–H and O–H groups in total. The number of rotatable bonds is 6. The van der Waals surface area contributed by atoms with Crippen LogP contribution in [0.4, 0.5) is 18.9 Å². The molecule has 3 aromatic carbocycles. The van der Waals surface area contributed by atoms with Crippen LogP contribution in [0.2, 0.25) is 0 Å². The van der Waals surface area contributed by atoms with Gasteiger partial charge in [-0.05, 0) is 99.7 Å². The van der Waals surface area contributed by atoms with Crippen molar-refractivity contribution in [2.45, 2.75) is 83.3 Å². The van der Waals surface area contributed by atoms with Crippen LogP contribution < -0.4 is 4.90 Å². The van der Waals surface area contributed by atoms with Gasteiger partial charge in [0.1, 0.15) is 0 Å². The van der Waals surface area contributed by atoms with E-state index in [2.05, 4.69) is 36.9 Å². The lowest BCUT2D eigenvalue weighted by atomic mass is 9.62. The molecule has 7 rings (SSSR count). The van der Waals surface area contributed by atoms with Crippen LogP contribution in [0.5, 0.6) is 0 Å². The van der Waals surface area contributed by atoms with Crippen LogP contribution in [-0.4, -0.2) is 49.1 Å². The topological polar surface area (TPSA) is 59.1 Å². The highest BCUT2D eigenvalue weighted by molar-refractivity contribution is 6.09. The first-order chi connectivity index (χ1) is 22.9. The van der Waals surface area contributed by atoms with E-state index in [1.54, 1.807) is 17.9 Å². The van der Waals surface area contributed by atoms with E-state index in [4.69, 9.17) is 9.47 Å². The van der Waals surface area contributed by atoms with Gasteiger partial charge in [0.2, 0.25) is 5.91 Å². The Morgan fingerprint density at radius 2 is 1.67 bits per heavy atom. The maximum Gasteiger partial charge on any atom is 0.416 e. The summed E-state index contributed by atoms with van der Waals surface area (Å²) in [5.74, 6) is -0.534. The van der Waals surface area contributed by atoms with Crippen LogP contribution in [-0.2, 0) is 43.8 Å². The Kier molecular flexibility index (Phi) is 8.43. The van der Waals surface area contributed by atoms with E-state index in [1.807, 2.05) is 24.3 Å². The summed E-state index contributed by atoms with van der Waals surface area (Å²) in [6.07, 6.45) is -1.81. The Bertz CT molecular complexity index is 1720. The molecule has 6 nitrogen and oxygen atoms in total. The second-order valence-corrected chi connectivity index (χ2v) is 14.5. The van der Waals surface area contributed by atoms with Crippen molar-refractivity contribution < 1.29 is 32.2 Å². The molecule has 1 saturated carbocycles. The number of esters is 1. The van der Waals surface area contributed by atoms with Crippen molar-refractivity contribution in [1.82, 2.24) is 4.90 Å². The first-order valence-corrected chi connectivity index (χ1v) is 17.0. The predicted molar refractivity (Wildman–Crippen MR) is 176 cm³/mol. The van der Waals surface area contributed by atoms with Gasteiger partial charge in [0.05, 0.1) is 43.3 Å². The SMILES string of the molecule is COC(=O)[C@@H]1[C@H]2C[C@@H]3N(CC[C@@]34C(=O)N(Cc3cc(C)cc(C(F)(F)F)c3)c3ccccc34)C[C@@H]2CC[C@@H]1OCc1cc(C)cc(C)c1. The molecule has 0 radical (unpaired) electrons. The van der Waals surface area contributed by atoms with Gasteiger partial charge in [0, 0.05) is 18.3 Å². The molecular weight excluding hydrogens is 617 g/mol. The number of aryl methyl sites for hydroxylation is 3. The highest BCUT2D eigenvalue weighted by atomic mass is 19.4. The summed E-state index contributed by atoms with van der Waals surface area (Å²) in [6.45, 7) is 7.78. The van der Waals surface area contributed by atoms with Crippen LogP contribution in [0.1, 0.15) is 64.6 Å². The molecule has 4 aliphatic rings. The predicted octanol–water partition coefficient (Wildman–Crippen LogP) is 7.29. The largest absolute Gasteiger partial charge is 0.469 e. The van der Waals surface area contributed by atoms with Crippen molar-refractivity contribution in [3.8, 4) is 0 Å². The zero-order chi connectivity index (χ0) is 34.0. The van der Waals surface area contributed by atoms with E-state index in [9.17, 15) is 22.8 Å². The number of methoxy groups -OCH3 is 1. The normalized spacial score (nSPS) is 28.4. The summed E-state index contributed by atoms with van der Waals surface area (Å²) >= 11 is 0. The highest BCUT2D eigenvalue weighted by Gasteiger charge is 2.63. The van der Waals surface area contributed by atoms with Crippen molar-refractivity contribution in [2.75, 3.05) is 25.1 Å². The fourth-order valence-corrected chi connectivity index (χ4v) is 9.57. The summed E-state index contributed by atoms with van der Waals surface area (Å²) < 4.78 is 53.1. The molecule has 3 fully saturated rings. The zero-order valence-corrected chi connectivity index (χ0v) is 28.0. The molecular formula is C39H43F3N2O4. The molecule has 48 heavy (non-hydrogen) atoms. The van der Waals surface area contributed by atoms with Crippen LogP contribution in [0.3, 0.4) is 0 Å². The number of fused-ring (bicyclic) bond motifs is 5. The van der Waals surface area contributed by atoms with Crippen molar-refractivity contribution in [2.24, 2.45) is 17.8 Å². The minimum atomic E-state index is -4.48. The van der Waals surface area contributed by atoms with Gasteiger partial charge in [-0.25, -0.2) is 0 Å². The number of para-hydroxylation sites is 1. The Morgan fingerprint density at radius 1 is 0.958 bits per heavy atom. The number of nitrogens with zero attached hydrogens (tertiary/aromatic N) is 2. The summed E-state index contributed by atoms with van der Waals surface area (Å²) in [5, 5.41) is 0. The second-order valence-electron chi connectivity index (χ2n) is 14.5. The second kappa shape index (κ2) is 12.3. The Balaban J connectivity index is 1.19. The summed E-state index contributed by atoms with van der Waals surface area (Å²) in [5.41, 5.74) is 4.49. The van der Waals surface area contributed by atoms with Gasteiger partial charge in [-0.1, -0.05) is 59.2 Å². The number of piperidine rings is 1. The average molecular weight is 661 g/mol. The first-order valence-electron chi connectivity index (χ1n) is 17.0. The Labute approximate surface area is 280 Å². The van der Waals surface area contributed by atoms with Crippen molar-refractivity contribution in [1.29, 1.82) is 0 Å².